The van der Waals surface area contributed by atoms with Gasteiger partial charge in [-0.05, 0) is 13.8 Å². The number of rotatable bonds is 3. The van der Waals surface area contributed by atoms with Gasteiger partial charge in [-0.2, -0.15) is 0 Å². The van der Waals surface area contributed by atoms with Gasteiger partial charge in [-0.25, -0.2) is 4.79 Å². The van der Waals surface area contributed by atoms with Crippen molar-refractivity contribution in [3.05, 3.63) is 12.7 Å². The Morgan fingerprint density at radius 2 is 2.17 bits per heavy atom. The van der Waals surface area contributed by atoms with Gasteiger partial charge in [0, 0.05) is 6.42 Å². The van der Waals surface area contributed by atoms with E-state index in [0.29, 0.717) is 0 Å². The van der Waals surface area contributed by atoms with Crippen molar-refractivity contribution in [3.63, 3.8) is 0 Å². The summed E-state index contributed by atoms with van der Waals surface area (Å²) in [5.74, 6) is -2.47. The van der Waals surface area contributed by atoms with Crippen molar-refractivity contribution in [2.45, 2.75) is 43.9 Å². The first kappa shape index (κ1) is 13.2. The number of carbonyl (C=O) groups is 2. The molecule has 2 aliphatic heterocycles. The molecule has 0 aliphatic carbocycles. The first-order chi connectivity index (χ1) is 8.30. The zero-order valence-electron chi connectivity index (χ0n) is 10.3. The van der Waals surface area contributed by atoms with Crippen molar-refractivity contribution >= 4 is 11.8 Å². The van der Waals surface area contributed by atoms with E-state index < -0.39 is 35.3 Å². The highest BCUT2D eigenvalue weighted by molar-refractivity contribution is 6.14. The number of hydrogen-bond acceptors (Lipinski definition) is 6. The number of ketones is 1. The normalized spacial score (nSPS) is 38.8. The van der Waals surface area contributed by atoms with E-state index in [1.807, 2.05) is 0 Å². The molecule has 2 aliphatic rings. The van der Waals surface area contributed by atoms with Gasteiger partial charge in [0.15, 0.2) is 11.9 Å². The Kier molecular flexibility index (Phi) is 3.04. The summed E-state index contributed by atoms with van der Waals surface area (Å²) >= 11 is 0. The van der Waals surface area contributed by atoms with Crippen LogP contribution in [0.15, 0.2) is 12.7 Å². The lowest BCUT2D eigenvalue weighted by Crippen LogP contribution is -2.45. The molecule has 2 rings (SSSR count). The zero-order chi connectivity index (χ0) is 13.6. The summed E-state index contributed by atoms with van der Waals surface area (Å²) in [4.78, 5) is 23.6. The largest absolute Gasteiger partial charge is 0.449 e. The Balaban J connectivity index is 2.16. The van der Waals surface area contributed by atoms with Crippen LogP contribution in [0.3, 0.4) is 0 Å². The number of cyclic esters (lactones) is 1. The summed E-state index contributed by atoms with van der Waals surface area (Å²) in [6, 6.07) is 0. The van der Waals surface area contributed by atoms with Crippen LogP contribution in [0.2, 0.25) is 0 Å². The molecule has 0 aromatic heterocycles. The zero-order valence-corrected chi connectivity index (χ0v) is 10.3. The number of esters is 1. The van der Waals surface area contributed by atoms with Gasteiger partial charge >= 0.3 is 5.97 Å². The molecular weight excluding hydrogens is 240 g/mol. The smallest absolute Gasteiger partial charge is 0.347 e. The van der Waals surface area contributed by atoms with Crippen LogP contribution in [0.4, 0.5) is 0 Å². The summed E-state index contributed by atoms with van der Waals surface area (Å²) in [5.41, 5.74) is -2.14. The molecule has 0 spiro atoms. The molecule has 0 bridgehead atoms. The molecule has 6 heteroatoms. The van der Waals surface area contributed by atoms with E-state index in [-0.39, 0.29) is 13.0 Å². The maximum Gasteiger partial charge on any atom is 0.347 e. The number of hydrogen-bond donors (Lipinski definition) is 1. The van der Waals surface area contributed by atoms with Gasteiger partial charge in [-0.15, -0.1) is 6.58 Å². The lowest BCUT2D eigenvalue weighted by molar-refractivity contribution is -0.166. The lowest BCUT2D eigenvalue weighted by atomic mass is 9.92. The van der Waals surface area contributed by atoms with Crippen LogP contribution in [-0.2, 0) is 23.8 Å². The predicted molar refractivity (Wildman–Crippen MR) is 59.6 cm³/mol. The van der Waals surface area contributed by atoms with Crippen LogP contribution in [0.1, 0.15) is 20.3 Å². The minimum atomic E-state index is -2.14. The van der Waals surface area contributed by atoms with E-state index in [2.05, 4.69) is 6.58 Å². The monoisotopic (exact) mass is 256 g/mol. The number of aliphatic hydroxyl groups is 1. The summed E-state index contributed by atoms with van der Waals surface area (Å²) < 4.78 is 15.7. The maximum atomic E-state index is 12.0. The highest BCUT2D eigenvalue weighted by Crippen LogP contribution is 2.33. The van der Waals surface area contributed by atoms with Gasteiger partial charge in [0.2, 0.25) is 11.4 Å². The predicted octanol–water partition coefficient (Wildman–Crippen LogP) is -0.0604. The van der Waals surface area contributed by atoms with Crippen molar-refractivity contribution in [2.24, 2.45) is 0 Å². The summed E-state index contributed by atoms with van der Waals surface area (Å²) in [6.45, 7) is 6.94. The second-order valence-electron chi connectivity index (χ2n) is 4.91. The Bertz CT molecular complexity index is 401. The van der Waals surface area contributed by atoms with Gasteiger partial charge in [0.25, 0.3) is 0 Å². The fraction of sp³-hybridized carbons (Fsp3) is 0.667. The highest BCUT2D eigenvalue weighted by Gasteiger charge is 2.59. The molecule has 2 fully saturated rings. The molecule has 0 radical (unpaired) electrons. The second-order valence-corrected chi connectivity index (χ2v) is 4.91. The fourth-order valence-corrected chi connectivity index (χ4v) is 2.10. The van der Waals surface area contributed by atoms with E-state index in [9.17, 15) is 14.7 Å². The molecule has 0 aromatic rings. The van der Waals surface area contributed by atoms with E-state index in [1.165, 1.54) is 6.08 Å². The molecular formula is C12H16O6. The molecule has 1 N–H and O–H groups in total. The van der Waals surface area contributed by atoms with Gasteiger partial charge in [-0.1, -0.05) is 6.08 Å². The Morgan fingerprint density at radius 1 is 1.50 bits per heavy atom. The number of ether oxygens (including phenoxy) is 3. The Labute approximate surface area is 105 Å². The molecule has 0 aromatic carbocycles. The van der Waals surface area contributed by atoms with Crippen molar-refractivity contribution < 1.29 is 28.9 Å². The van der Waals surface area contributed by atoms with Crippen LogP contribution in [0.5, 0.6) is 0 Å². The second kappa shape index (κ2) is 4.15. The fourth-order valence-electron chi connectivity index (χ4n) is 2.10. The average molecular weight is 256 g/mol. The third-order valence-corrected chi connectivity index (χ3v) is 3.05. The summed E-state index contributed by atoms with van der Waals surface area (Å²) in [6.07, 6.45) is -0.671. The van der Waals surface area contributed by atoms with Crippen LogP contribution < -0.4 is 0 Å². The first-order valence-electron chi connectivity index (χ1n) is 5.70. The number of carbonyl (C=O) groups excluding carboxylic acids is 2. The summed E-state index contributed by atoms with van der Waals surface area (Å²) in [5, 5.41) is 10.00. The van der Waals surface area contributed by atoms with E-state index in [0.717, 1.165) is 0 Å². The standard InChI is InChI=1S/C12H16O6/c1-4-5-12(15)9(13)8(17-10(12)14)7-6-16-11(2,3)18-7/h4,7-8,15H,1,5-6H2,2-3H3/t7-,8+,12+/m0/s1. The van der Waals surface area contributed by atoms with Crippen LogP contribution >= 0.6 is 0 Å². The molecule has 100 valence electrons. The maximum absolute atomic E-state index is 12.0. The van der Waals surface area contributed by atoms with Crippen molar-refractivity contribution in [1.29, 1.82) is 0 Å². The van der Waals surface area contributed by atoms with Crippen molar-refractivity contribution in [1.82, 2.24) is 0 Å². The van der Waals surface area contributed by atoms with Crippen LogP contribution in [-0.4, -0.2) is 47.1 Å². The Morgan fingerprint density at radius 3 is 2.67 bits per heavy atom. The van der Waals surface area contributed by atoms with Gasteiger partial charge < -0.3 is 19.3 Å². The first-order valence-corrected chi connectivity index (χ1v) is 5.70. The van der Waals surface area contributed by atoms with Gasteiger partial charge in [0.1, 0.15) is 6.10 Å². The molecule has 2 saturated heterocycles. The minimum Gasteiger partial charge on any atom is -0.449 e. The highest BCUT2D eigenvalue weighted by atomic mass is 16.8. The minimum absolute atomic E-state index is 0.140. The molecule has 0 saturated carbocycles. The third kappa shape index (κ3) is 1.96. The molecule has 18 heavy (non-hydrogen) atoms. The van der Waals surface area contributed by atoms with E-state index in [4.69, 9.17) is 14.2 Å². The quantitative estimate of drug-likeness (QED) is 0.433. The summed E-state index contributed by atoms with van der Waals surface area (Å²) in [7, 11) is 0. The topological polar surface area (TPSA) is 82.1 Å². The Hall–Kier alpha value is -1.24. The lowest BCUT2D eigenvalue weighted by Gasteiger charge is -2.19. The van der Waals surface area contributed by atoms with Crippen molar-refractivity contribution in [2.75, 3.05) is 6.61 Å². The molecule has 0 amide bonds. The average Bonchev–Trinajstić information content (AvgIpc) is 2.73. The third-order valence-electron chi connectivity index (χ3n) is 3.05. The molecule has 0 unspecified atom stereocenters. The SMILES string of the molecule is C=CC[C@]1(O)C(=O)O[C@H]([C@@H]2COC(C)(C)O2)C1=O. The van der Waals surface area contributed by atoms with Crippen LogP contribution in [0, 0.1) is 0 Å². The molecule has 2 heterocycles. The number of Topliss-reactive ketones (excluding diaryl/α,β-unsaturated/α-hetero) is 1. The van der Waals surface area contributed by atoms with Crippen molar-refractivity contribution in [3.8, 4) is 0 Å². The molecule has 6 nitrogen and oxygen atoms in total. The van der Waals surface area contributed by atoms with E-state index in [1.54, 1.807) is 13.8 Å². The molecule has 3 atom stereocenters. The van der Waals surface area contributed by atoms with Gasteiger partial charge in [-0.3, -0.25) is 4.79 Å². The van der Waals surface area contributed by atoms with Crippen LogP contribution in [0.25, 0.3) is 0 Å². The van der Waals surface area contributed by atoms with Gasteiger partial charge in [0.05, 0.1) is 6.61 Å². The van der Waals surface area contributed by atoms with E-state index >= 15 is 0 Å².